The molecule has 0 atom stereocenters. The lowest BCUT2D eigenvalue weighted by Crippen LogP contribution is -2.34. The van der Waals surface area contributed by atoms with Gasteiger partial charge in [-0.2, -0.15) is 0 Å². The van der Waals surface area contributed by atoms with E-state index in [4.69, 9.17) is 16.3 Å². The molecular weight excluding hydrogens is 208 g/mol. The third-order valence-corrected chi connectivity index (χ3v) is 2.07. The Morgan fingerprint density at radius 3 is 2.64 bits per heavy atom. The van der Waals surface area contributed by atoms with E-state index in [9.17, 15) is 9.59 Å². The quantitative estimate of drug-likeness (QED) is 0.376. The van der Waals surface area contributed by atoms with Crippen LogP contribution < -0.4 is 0 Å². The molecule has 1 aliphatic heterocycles. The van der Waals surface area contributed by atoms with Gasteiger partial charge < -0.3 is 9.64 Å². The molecule has 5 nitrogen and oxygen atoms in total. The van der Waals surface area contributed by atoms with Crippen molar-refractivity contribution in [3.8, 4) is 0 Å². The van der Waals surface area contributed by atoms with Gasteiger partial charge in [0.05, 0.1) is 19.8 Å². The lowest BCUT2D eigenvalue weighted by Gasteiger charge is -2.13. The topological polar surface area (TPSA) is 49.9 Å². The summed E-state index contributed by atoms with van der Waals surface area (Å²) in [4.78, 5) is 25.1. The number of likely N-dealkylation sites (N-methyl/N-ethyl adjacent to an activating group) is 1. The fraction of sp³-hybridized carbons (Fsp3) is 0.750. The molecule has 1 aliphatic rings. The Bertz CT molecular complexity index is 235. The first-order valence-corrected chi connectivity index (χ1v) is 4.89. The molecule has 80 valence electrons. The molecule has 6 heteroatoms. The summed E-state index contributed by atoms with van der Waals surface area (Å²) in [5, 5.41) is 0. The lowest BCUT2D eigenvalue weighted by atomic mass is 10.5. The van der Waals surface area contributed by atoms with Gasteiger partial charge in [0.2, 0.25) is 5.91 Å². The third-order valence-electron chi connectivity index (χ3n) is 1.91. The van der Waals surface area contributed by atoms with E-state index in [1.807, 2.05) is 0 Å². The molecule has 0 aromatic rings. The zero-order valence-corrected chi connectivity index (χ0v) is 8.79. The van der Waals surface area contributed by atoms with Crippen molar-refractivity contribution in [2.75, 3.05) is 39.2 Å². The average Bonchev–Trinajstić information content (AvgIpc) is 2.38. The van der Waals surface area contributed by atoms with Crippen LogP contribution in [-0.2, 0) is 9.53 Å². The molecule has 0 aromatic heterocycles. The van der Waals surface area contributed by atoms with Gasteiger partial charge in [0.15, 0.2) is 0 Å². The maximum atomic E-state index is 11.3. The molecule has 1 heterocycles. The summed E-state index contributed by atoms with van der Waals surface area (Å²) in [6.45, 7) is 1.25. The fourth-order valence-corrected chi connectivity index (χ4v) is 1.31. The second kappa shape index (κ2) is 5.17. The predicted molar refractivity (Wildman–Crippen MR) is 51.3 cm³/mol. The number of urea groups is 1. The van der Waals surface area contributed by atoms with Gasteiger partial charge >= 0.3 is 6.03 Å². The van der Waals surface area contributed by atoms with Crippen molar-refractivity contribution in [3.05, 3.63) is 0 Å². The monoisotopic (exact) mass is 220 g/mol. The minimum Gasteiger partial charge on any atom is -0.378 e. The van der Waals surface area contributed by atoms with E-state index in [1.54, 1.807) is 7.05 Å². The highest BCUT2D eigenvalue weighted by Crippen LogP contribution is 2.06. The van der Waals surface area contributed by atoms with Crippen LogP contribution in [0.15, 0.2) is 0 Å². The number of amides is 3. The number of nitrogens with zero attached hydrogens (tertiary/aromatic N) is 2. The number of alkyl halides is 1. The summed E-state index contributed by atoms with van der Waals surface area (Å²) >= 11 is 5.40. The molecule has 0 radical (unpaired) electrons. The van der Waals surface area contributed by atoms with Crippen molar-refractivity contribution in [3.63, 3.8) is 0 Å². The summed E-state index contributed by atoms with van der Waals surface area (Å²) in [5.74, 6) is 0.244. The van der Waals surface area contributed by atoms with Crippen molar-refractivity contribution in [1.29, 1.82) is 0 Å². The number of rotatable bonds is 5. The van der Waals surface area contributed by atoms with Crippen LogP contribution in [0.2, 0.25) is 0 Å². The van der Waals surface area contributed by atoms with Crippen LogP contribution in [0.5, 0.6) is 0 Å². The summed E-state index contributed by atoms with van der Waals surface area (Å²) < 4.78 is 5.08. The van der Waals surface area contributed by atoms with Crippen LogP contribution in [0.25, 0.3) is 0 Å². The zero-order chi connectivity index (χ0) is 10.6. The van der Waals surface area contributed by atoms with Gasteiger partial charge in [0.1, 0.15) is 6.54 Å². The summed E-state index contributed by atoms with van der Waals surface area (Å²) in [6, 6.07) is -0.260. The second-order valence-corrected chi connectivity index (χ2v) is 3.36. The molecule has 0 spiro atoms. The van der Waals surface area contributed by atoms with E-state index >= 15 is 0 Å². The van der Waals surface area contributed by atoms with Gasteiger partial charge in [-0.15, -0.1) is 11.6 Å². The van der Waals surface area contributed by atoms with Crippen molar-refractivity contribution in [1.82, 2.24) is 9.80 Å². The number of imide groups is 1. The highest BCUT2D eigenvalue weighted by atomic mass is 35.5. The Hall–Kier alpha value is -0.810. The van der Waals surface area contributed by atoms with Crippen LogP contribution >= 0.6 is 11.6 Å². The van der Waals surface area contributed by atoms with Gasteiger partial charge in [-0.3, -0.25) is 9.69 Å². The normalized spacial score (nSPS) is 17.0. The molecule has 0 aliphatic carbocycles. The molecule has 1 rings (SSSR count). The average molecular weight is 221 g/mol. The summed E-state index contributed by atoms with van der Waals surface area (Å²) in [7, 11) is 1.60. The largest absolute Gasteiger partial charge is 0.378 e. The Morgan fingerprint density at radius 1 is 1.43 bits per heavy atom. The molecule has 0 N–H and O–H groups in total. The van der Waals surface area contributed by atoms with Crippen molar-refractivity contribution < 1.29 is 14.3 Å². The number of carbonyl (C=O) groups excluding carboxylic acids is 2. The van der Waals surface area contributed by atoms with Gasteiger partial charge in [0, 0.05) is 12.9 Å². The maximum Gasteiger partial charge on any atom is 0.327 e. The standard InChI is InChI=1S/C8H13ClN2O3/c1-10-6-7(12)11(8(10)13)3-5-14-4-2-9/h2-6H2,1H3. The molecule has 0 bridgehead atoms. The Labute approximate surface area is 87.5 Å². The van der Waals surface area contributed by atoms with E-state index in [-0.39, 0.29) is 18.5 Å². The number of ether oxygens (including phenoxy) is 1. The zero-order valence-electron chi connectivity index (χ0n) is 8.03. The Morgan fingerprint density at radius 2 is 2.14 bits per heavy atom. The minimum atomic E-state index is -0.260. The molecule has 1 fully saturated rings. The number of halogens is 1. The molecule has 0 unspecified atom stereocenters. The minimum absolute atomic E-state index is 0.161. The summed E-state index contributed by atoms with van der Waals surface area (Å²) in [6.07, 6.45) is 0. The van der Waals surface area contributed by atoms with E-state index in [0.717, 1.165) is 0 Å². The van der Waals surface area contributed by atoms with Gasteiger partial charge in [-0.25, -0.2) is 4.79 Å². The van der Waals surface area contributed by atoms with E-state index < -0.39 is 0 Å². The first-order chi connectivity index (χ1) is 6.66. The number of hydrogen-bond donors (Lipinski definition) is 0. The summed E-state index contributed by atoms with van der Waals surface area (Å²) in [5.41, 5.74) is 0. The lowest BCUT2D eigenvalue weighted by molar-refractivity contribution is -0.125. The van der Waals surface area contributed by atoms with Gasteiger partial charge in [0.25, 0.3) is 0 Å². The predicted octanol–water partition coefficient (Wildman–Crippen LogP) is 0.136. The van der Waals surface area contributed by atoms with Crippen LogP contribution in [0.1, 0.15) is 0 Å². The fourth-order valence-electron chi connectivity index (χ4n) is 1.20. The highest BCUT2D eigenvalue weighted by Gasteiger charge is 2.32. The molecule has 14 heavy (non-hydrogen) atoms. The first kappa shape index (κ1) is 11.3. The smallest absolute Gasteiger partial charge is 0.327 e. The van der Waals surface area contributed by atoms with Gasteiger partial charge in [-0.05, 0) is 0 Å². The molecule has 0 saturated carbocycles. The third kappa shape index (κ3) is 2.59. The van der Waals surface area contributed by atoms with E-state index in [0.29, 0.717) is 25.6 Å². The highest BCUT2D eigenvalue weighted by molar-refractivity contribution is 6.17. The van der Waals surface area contributed by atoms with Crippen molar-refractivity contribution in [2.24, 2.45) is 0 Å². The van der Waals surface area contributed by atoms with Crippen LogP contribution in [0, 0.1) is 0 Å². The van der Waals surface area contributed by atoms with Crippen LogP contribution in [0.4, 0.5) is 4.79 Å². The molecule has 3 amide bonds. The number of hydrogen-bond acceptors (Lipinski definition) is 3. The molecular formula is C8H13ClN2O3. The second-order valence-electron chi connectivity index (χ2n) is 2.99. The Balaban J connectivity index is 2.30. The van der Waals surface area contributed by atoms with E-state index in [2.05, 4.69) is 0 Å². The first-order valence-electron chi connectivity index (χ1n) is 4.36. The van der Waals surface area contributed by atoms with Crippen LogP contribution in [-0.4, -0.2) is 61.0 Å². The van der Waals surface area contributed by atoms with E-state index in [1.165, 1.54) is 9.80 Å². The SMILES string of the molecule is CN1CC(=O)N(CCOCCCl)C1=O. The molecule has 1 saturated heterocycles. The van der Waals surface area contributed by atoms with Gasteiger partial charge in [-0.1, -0.05) is 0 Å². The van der Waals surface area contributed by atoms with Crippen LogP contribution in [0.3, 0.4) is 0 Å². The van der Waals surface area contributed by atoms with Crippen molar-refractivity contribution in [2.45, 2.75) is 0 Å². The number of carbonyl (C=O) groups is 2. The Kier molecular flexibility index (Phi) is 4.16. The molecule has 0 aromatic carbocycles. The van der Waals surface area contributed by atoms with Crippen molar-refractivity contribution >= 4 is 23.5 Å². The maximum absolute atomic E-state index is 11.3.